The number of benzene rings is 1. The summed E-state index contributed by atoms with van der Waals surface area (Å²) in [6.07, 6.45) is 7.29. The van der Waals surface area contributed by atoms with Crippen LogP contribution in [0.2, 0.25) is 0 Å². The van der Waals surface area contributed by atoms with Gasteiger partial charge in [-0.2, -0.15) is 0 Å². The quantitative estimate of drug-likeness (QED) is 0.814. The first-order valence-corrected chi connectivity index (χ1v) is 8.27. The van der Waals surface area contributed by atoms with Crippen LogP contribution >= 0.6 is 0 Å². The Morgan fingerprint density at radius 2 is 1.91 bits per heavy atom. The zero-order valence-corrected chi connectivity index (χ0v) is 13.6. The summed E-state index contributed by atoms with van der Waals surface area (Å²) in [7, 11) is 1.66. The fraction of sp³-hybridized carbons (Fsp3) is 0.611. The normalized spacial score (nSPS) is 17.0. The molecule has 0 unspecified atom stereocenters. The van der Waals surface area contributed by atoms with Crippen LogP contribution in [0.4, 0.5) is 0 Å². The molecule has 1 aromatic carbocycles. The summed E-state index contributed by atoms with van der Waals surface area (Å²) in [5, 5.41) is 3.04. The molecule has 0 saturated heterocycles. The number of amides is 1. The molecule has 0 aromatic heterocycles. The van der Waals surface area contributed by atoms with Gasteiger partial charge in [0.2, 0.25) is 5.91 Å². The van der Waals surface area contributed by atoms with E-state index in [2.05, 4.69) is 5.32 Å². The lowest BCUT2D eigenvalue weighted by molar-refractivity contribution is -0.123. The lowest BCUT2D eigenvalue weighted by Crippen LogP contribution is -2.39. The van der Waals surface area contributed by atoms with Gasteiger partial charge in [0.25, 0.3) is 0 Å². The first-order chi connectivity index (χ1) is 10.7. The predicted octanol–water partition coefficient (Wildman–Crippen LogP) is 2.65. The molecule has 22 heavy (non-hydrogen) atoms. The fourth-order valence-corrected chi connectivity index (χ4v) is 3.30. The topological polar surface area (TPSA) is 64.3 Å². The van der Waals surface area contributed by atoms with Crippen molar-refractivity contribution >= 4 is 5.91 Å². The summed E-state index contributed by atoms with van der Waals surface area (Å²) in [6, 6.07) is 7.96. The number of nitrogens with two attached hydrogens (primary N) is 1. The molecular formula is C18H28N2O2. The SMILES string of the molecule is COc1ccc(CCNC(=O)CC2(CN)CCCCC2)cc1. The first-order valence-electron chi connectivity index (χ1n) is 8.27. The second kappa shape index (κ2) is 8.18. The third kappa shape index (κ3) is 4.73. The van der Waals surface area contributed by atoms with E-state index in [0.717, 1.165) is 25.0 Å². The highest BCUT2D eigenvalue weighted by molar-refractivity contribution is 5.76. The van der Waals surface area contributed by atoms with E-state index in [9.17, 15) is 4.79 Å². The first kappa shape index (κ1) is 16.8. The smallest absolute Gasteiger partial charge is 0.220 e. The highest BCUT2D eigenvalue weighted by Crippen LogP contribution is 2.38. The summed E-state index contributed by atoms with van der Waals surface area (Å²) >= 11 is 0. The van der Waals surface area contributed by atoms with Crippen LogP contribution in [-0.4, -0.2) is 26.1 Å². The van der Waals surface area contributed by atoms with Crippen LogP contribution < -0.4 is 15.8 Å². The van der Waals surface area contributed by atoms with Crippen LogP contribution in [0.3, 0.4) is 0 Å². The largest absolute Gasteiger partial charge is 0.497 e. The monoisotopic (exact) mass is 304 g/mol. The molecule has 1 saturated carbocycles. The summed E-state index contributed by atoms with van der Waals surface area (Å²) in [5.74, 6) is 0.996. The van der Waals surface area contributed by atoms with E-state index in [1.807, 2.05) is 24.3 Å². The number of ether oxygens (including phenoxy) is 1. The van der Waals surface area contributed by atoms with Crippen molar-refractivity contribution < 1.29 is 9.53 Å². The van der Waals surface area contributed by atoms with E-state index in [4.69, 9.17) is 10.5 Å². The van der Waals surface area contributed by atoms with Crippen molar-refractivity contribution in [3.8, 4) is 5.75 Å². The van der Waals surface area contributed by atoms with Crippen molar-refractivity contribution in [2.24, 2.45) is 11.1 Å². The minimum Gasteiger partial charge on any atom is -0.497 e. The van der Waals surface area contributed by atoms with Crippen LogP contribution in [0.5, 0.6) is 5.75 Å². The maximum Gasteiger partial charge on any atom is 0.220 e. The molecule has 3 N–H and O–H groups in total. The zero-order chi connectivity index (χ0) is 15.8. The molecule has 0 radical (unpaired) electrons. The molecule has 0 spiro atoms. The van der Waals surface area contributed by atoms with Gasteiger partial charge in [0.1, 0.15) is 5.75 Å². The molecule has 2 rings (SSSR count). The lowest BCUT2D eigenvalue weighted by Gasteiger charge is -2.35. The summed E-state index contributed by atoms with van der Waals surface area (Å²) in [5.41, 5.74) is 7.19. The Kier molecular flexibility index (Phi) is 6.25. The number of carbonyl (C=O) groups is 1. The maximum atomic E-state index is 12.2. The van der Waals surface area contributed by atoms with Crippen LogP contribution in [-0.2, 0) is 11.2 Å². The molecule has 4 nitrogen and oxygen atoms in total. The number of carbonyl (C=O) groups excluding carboxylic acids is 1. The van der Waals surface area contributed by atoms with Crippen LogP contribution in [0.25, 0.3) is 0 Å². The van der Waals surface area contributed by atoms with E-state index in [1.165, 1.54) is 24.8 Å². The van der Waals surface area contributed by atoms with Gasteiger partial charge < -0.3 is 15.8 Å². The minimum absolute atomic E-state index is 0.0441. The van der Waals surface area contributed by atoms with Crippen LogP contribution in [0.15, 0.2) is 24.3 Å². The number of methoxy groups -OCH3 is 1. The van der Waals surface area contributed by atoms with Gasteiger partial charge in [0.05, 0.1) is 7.11 Å². The molecule has 0 bridgehead atoms. The van der Waals surface area contributed by atoms with Crippen molar-refractivity contribution in [3.63, 3.8) is 0 Å². The lowest BCUT2D eigenvalue weighted by atomic mass is 9.71. The van der Waals surface area contributed by atoms with E-state index in [1.54, 1.807) is 7.11 Å². The van der Waals surface area contributed by atoms with Gasteiger partial charge in [-0.1, -0.05) is 31.4 Å². The second-order valence-electron chi connectivity index (χ2n) is 6.39. The molecule has 0 atom stereocenters. The van der Waals surface area contributed by atoms with Crippen molar-refractivity contribution in [1.82, 2.24) is 5.32 Å². The summed E-state index contributed by atoms with van der Waals surface area (Å²) in [6.45, 7) is 1.30. The van der Waals surface area contributed by atoms with Crippen molar-refractivity contribution in [2.45, 2.75) is 44.9 Å². The molecule has 1 amide bonds. The molecule has 0 heterocycles. The number of hydrogen-bond acceptors (Lipinski definition) is 3. The molecular weight excluding hydrogens is 276 g/mol. The third-order valence-electron chi connectivity index (χ3n) is 4.78. The van der Waals surface area contributed by atoms with Gasteiger partial charge in [-0.05, 0) is 48.9 Å². The minimum atomic E-state index is 0.0441. The van der Waals surface area contributed by atoms with E-state index in [0.29, 0.717) is 19.5 Å². The Hall–Kier alpha value is -1.55. The third-order valence-corrected chi connectivity index (χ3v) is 4.78. The molecule has 1 aromatic rings. The second-order valence-corrected chi connectivity index (χ2v) is 6.39. The van der Waals surface area contributed by atoms with Crippen LogP contribution in [0, 0.1) is 5.41 Å². The van der Waals surface area contributed by atoms with Crippen LogP contribution in [0.1, 0.15) is 44.1 Å². The van der Waals surface area contributed by atoms with E-state index >= 15 is 0 Å². The van der Waals surface area contributed by atoms with Crippen molar-refractivity contribution in [3.05, 3.63) is 29.8 Å². The average molecular weight is 304 g/mol. The summed E-state index contributed by atoms with van der Waals surface area (Å²) in [4.78, 5) is 12.2. The van der Waals surface area contributed by atoms with E-state index in [-0.39, 0.29) is 11.3 Å². The molecule has 1 fully saturated rings. The maximum absolute atomic E-state index is 12.2. The molecule has 4 heteroatoms. The summed E-state index contributed by atoms with van der Waals surface area (Å²) < 4.78 is 5.14. The molecule has 122 valence electrons. The zero-order valence-electron chi connectivity index (χ0n) is 13.6. The standard InChI is InChI=1S/C18H28N2O2/c1-22-16-7-5-15(6-8-16)9-12-20-17(21)13-18(14-19)10-3-2-4-11-18/h5-8H,2-4,9-14,19H2,1H3,(H,20,21). The van der Waals surface area contributed by atoms with Gasteiger partial charge in [0, 0.05) is 13.0 Å². The number of hydrogen-bond donors (Lipinski definition) is 2. The highest BCUT2D eigenvalue weighted by Gasteiger charge is 2.32. The number of rotatable bonds is 7. The van der Waals surface area contributed by atoms with E-state index < -0.39 is 0 Å². The van der Waals surface area contributed by atoms with Gasteiger partial charge in [-0.3, -0.25) is 4.79 Å². The predicted molar refractivity (Wildman–Crippen MR) is 88.9 cm³/mol. The molecule has 0 aliphatic heterocycles. The van der Waals surface area contributed by atoms with Gasteiger partial charge >= 0.3 is 0 Å². The molecule has 1 aliphatic carbocycles. The Morgan fingerprint density at radius 1 is 1.23 bits per heavy atom. The van der Waals surface area contributed by atoms with Gasteiger partial charge in [0.15, 0.2) is 0 Å². The van der Waals surface area contributed by atoms with Crippen molar-refractivity contribution in [1.29, 1.82) is 0 Å². The van der Waals surface area contributed by atoms with Gasteiger partial charge in [-0.25, -0.2) is 0 Å². The fourth-order valence-electron chi connectivity index (χ4n) is 3.30. The Morgan fingerprint density at radius 3 is 2.50 bits per heavy atom. The Balaban J connectivity index is 1.74. The number of nitrogens with one attached hydrogen (secondary N) is 1. The molecule has 1 aliphatic rings. The van der Waals surface area contributed by atoms with Crippen molar-refractivity contribution in [2.75, 3.05) is 20.2 Å². The average Bonchev–Trinajstić information content (AvgIpc) is 2.56. The van der Waals surface area contributed by atoms with Gasteiger partial charge in [-0.15, -0.1) is 0 Å². The Bertz CT molecular complexity index is 464. The highest BCUT2D eigenvalue weighted by atomic mass is 16.5. The Labute approximate surface area is 133 Å².